The first-order valence-electron chi connectivity index (χ1n) is 7.36. The lowest BCUT2D eigenvalue weighted by Crippen LogP contribution is -2.23. The van der Waals surface area contributed by atoms with Crippen LogP contribution in [0.2, 0.25) is 0 Å². The molecule has 0 spiro atoms. The molecule has 0 saturated carbocycles. The van der Waals surface area contributed by atoms with Crippen LogP contribution in [0.4, 0.5) is 5.82 Å². The van der Waals surface area contributed by atoms with Gasteiger partial charge in [0.05, 0.1) is 11.8 Å². The van der Waals surface area contributed by atoms with Crippen LogP contribution in [-0.2, 0) is 7.05 Å². The fourth-order valence-electron chi connectivity index (χ4n) is 2.08. The molecule has 2 aromatic heterocycles. The van der Waals surface area contributed by atoms with Gasteiger partial charge >= 0.3 is 0 Å². The van der Waals surface area contributed by atoms with Crippen LogP contribution in [0.25, 0.3) is 0 Å². The molecule has 1 unspecified atom stereocenters. The van der Waals surface area contributed by atoms with Gasteiger partial charge < -0.3 is 10.6 Å². The number of nitrogens with zero attached hydrogens (tertiary/aromatic N) is 4. The Labute approximate surface area is 137 Å². The zero-order valence-electron chi connectivity index (χ0n) is 13.6. The molecule has 23 heavy (non-hydrogen) atoms. The van der Waals surface area contributed by atoms with Crippen molar-refractivity contribution in [2.75, 3.05) is 12.4 Å². The number of anilines is 1. The summed E-state index contributed by atoms with van der Waals surface area (Å²) in [6.45, 7) is 4.02. The van der Waals surface area contributed by atoms with Crippen LogP contribution >= 0.6 is 0 Å². The minimum Gasteiger partial charge on any atom is -0.354 e. The minimum absolute atomic E-state index is 0. The van der Waals surface area contributed by atoms with Crippen LogP contribution in [0, 0.1) is 0 Å². The molecule has 0 aliphatic carbocycles. The van der Waals surface area contributed by atoms with Crippen LogP contribution in [0.5, 0.6) is 0 Å². The second-order valence-corrected chi connectivity index (χ2v) is 5.28. The number of nitrogens with one attached hydrogen (secondary N) is 2. The van der Waals surface area contributed by atoms with Crippen LogP contribution < -0.4 is 10.6 Å². The molecule has 0 fully saturated rings. The maximum Gasteiger partial charge on any atom is 0.271 e. The summed E-state index contributed by atoms with van der Waals surface area (Å²) >= 11 is 0. The molecule has 0 radical (unpaired) electrons. The van der Waals surface area contributed by atoms with Crippen LogP contribution in [0.15, 0.2) is 18.5 Å². The quantitative estimate of drug-likeness (QED) is 0.875. The van der Waals surface area contributed by atoms with Crippen molar-refractivity contribution in [1.82, 2.24) is 25.3 Å². The Bertz CT molecular complexity index is 735. The first-order valence-corrected chi connectivity index (χ1v) is 7.36. The number of carbonyl (C=O) groups excluding carboxylic acids is 2. The largest absolute Gasteiger partial charge is 0.354 e. The smallest absolute Gasteiger partial charge is 0.271 e. The summed E-state index contributed by atoms with van der Waals surface area (Å²) in [4.78, 5) is 24.0. The normalized spacial score (nSPS) is 11.8. The monoisotopic (exact) mass is 320 g/mol. The van der Waals surface area contributed by atoms with E-state index >= 15 is 0 Å². The van der Waals surface area contributed by atoms with E-state index in [2.05, 4.69) is 25.9 Å². The Kier molecular flexibility index (Phi) is 5.05. The van der Waals surface area contributed by atoms with Crippen molar-refractivity contribution in [3.8, 4) is 0 Å². The third-order valence-electron chi connectivity index (χ3n) is 3.62. The lowest BCUT2D eigenvalue weighted by molar-refractivity contribution is 0.0955. The summed E-state index contributed by atoms with van der Waals surface area (Å²) in [5.41, 5.74) is 1.46. The Balaban J connectivity index is 0.00000288. The molecule has 126 valence electrons. The van der Waals surface area contributed by atoms with Gasteiger partial charge in [0.1, 0.15) is 0 Å². The average Bonchev–Trinajstić information content (AvgIpc) is 3.00. The number of aromatic nitrogens is 4. The number of hydrogen-bond acceptors (Lipinski definition) is 5. The van der Waals surface area contributed by atoms with Gasteiger partial charge in [-0.3, -0.25) is 14.3 Å². The Hall–Kier alpha value is -2.77. The number of hydrogen-bond donors (Lipinski definition) is 2. The van der Waals surface area contributed by atoms with Gasteiger partial charge in [-0.05, 0) is 24.0 Å². The molecule has 2 aromatic rings. The van der Waals surface area contributed by atoms with Crippen molar-refractivity contribution < 1.29 is 12.4 Å². The molecule has 8 heteroatoms. The van der Waals surface area contributed by atoms with Gasteiger partial charge in [0.25, 0.3) is 11.8 Å². The Morgan fingerprint density at radius 2 is 2.09 bits per heavy atom. The van der Waals surface area contributed by atoms with E-state index in [9.17, 15) is 9.59 Å². The fraction of sp³-hybridized carbons (Fsp3) is 0.400. The lowest BCUT2D eigenvalue weighted by atomic mass is 9.97. The maximum atomic E-state index is 12.1. The highest BCUT2D eigenvalue weighted by molar-refractivity contribution is 6.03. The molecule has 2 amide bonds. The number of rotatable bonds is 5. The Morgan fingerprint density at radius 3 is 2.65 bits per heavy atom. The van der Waals surface area contributed by atoms with E-state index in [1.165, 1.54) is 6.20 Å². The number of carbonyl (C=O) groups is 2. The second kappa shape index (κ2) is 6.99. The van der Waals surface area contributed by atoms with Gasteiger partial charge in [-0.25, -0.2) is 0 Å². The van der Waals surface area contributed by atoms with Gasteiger partial charge in [0, 0.05) is 23.1 Å². The fourth-order valence-corrected chi connectivity index (χ4v) is 2.08. The molecule has 0 aliphatic heterocycles. The number of aryl methyl sites for hydroxylation is 1. The van der Waals surface area contributed by atoms with Gasteiger partial charge in [0.2, 0.25) is 0 Å². The summed E-state index contributed by atoms with van der Waals surface area (Å²) in [7, 11) is 3.28. The first kappa shape index (κ1) is 16.6. The van der Waals surface area contributed by atoms with Crippen molar-refractivity contribution in [1.29, 1.82) is 0 Å². The highest BCUT2D eigenvalue weighted by Crippen LogP contribution is 2.23. The molecule has 2 rings (SSSR count). The summed E-state index contributed by atoms with van der Waals surface area (Å²) in [6.07, 6.45) is 3.92. The molecule has 1 atom stereocenters. The topological polar surface area (TPSA) is 102 Å². The molecule has 2 heterocycles. The molecule has 2 N–H and O–H groups in total. The van der Waals surface area contributed by atoms with Crippen LogP contribution in [-0.4, -0.2) is 38.8 Å². The first-order chi connectivity index (χ1) is 11.0. The van der Waals surface area contributed by atoms with Gasteiger partial charge in [-0.2, -0.15) is 5.10 Å². The van der Waals surface area contributed by atoms with Gasteiger partial charge in [-0.1, -0.05) is 13.8 Å². The van der Waals surface area contributed by atoms with E-state index in [1.807, 2.05) is 13.8 Å². The van der Waals surface area contributed by atoms with E-state index in [1.54, 1.807) is 31.0 Å². The van der Waals surface area contributed by atoms with Crippen molar-refractivity contribution in [2.45, 2.75) is 26.2 Å². The lowest BCUT2D eigenvalue weighted by Gasteiger charge is -2.14. The molecular formula is C15H24N6O2. The van der Waals surface area contributed by atoms with E-state index in [-0.39, 0.29) is 26.3 Å². The molecule has 0 aromatic carbocycles. The maximum absolute atomic E-state index is 12.1. The van der Waals surface area contributed by atoms with Crippen LogP contribution in [0.3, 0.4) is 0 Å². The minimum atomic E-state index is -0.324. The number of amides is 2. The molecular weight excluding hydrogens is 296 g/mol. The summed E-state index contributed by atoms with van der Waals surface area (Å²) in [6, 6.07) is 1.69. The Morgan fingerprint density at radius 1 is 1.35 bits per heavy atom. The van der Waals surface area contributed by atoms with Gasteiger partial charge in [0.15, 0.2) is 11.5 Å². The third kappa shape index (κ3) is 3.71. The summed E-state index contributed by atoms with van der Waals surface area (Å²) in [5.74, 6) is -0.193. The van der Waals surface area contributed by atoms with E-state index < -0.39 is 0 Å². The van der Waals surface area contributed by atoms with Crippen molar-refractivity contribution in [2.24, 2.45) is 7.05 Å². The SMILES string of the molecule is CCC(C)c1cc(NC(=O)c2cnn(C)c2)nnc1C(=O)NC.[HH].[HH]. The van der Waals surface area contributed by atoms with E-state index in [0.29, 0.717) is 11.4 Å². The van der Waals surface area contributed by atoms with Gasteiger partial charge in [-0.15, -0.1) is 10.2 Å². The standard InChI is InChI=1S/C15H20N6O2.2H2/c1-5-9(2)11-6-12(19-20-13(11)15(23)16-3)18-14(22)10-7-17-21(4)8-10;;/h6-9H,5H2,1-4H3,(H,16,23)(H,18,19,22);2*1H. The van der Waals surface area contributed by atoms with Crippen molar-refractivity contribution in [3.63, 3.8) is 0 Å². The van der Waals surface area contributed by atoms with E-state index in [4.69, 9.17) is 0 Å². The molecule has 0 bridgehead atoms. The van der Waals surface area contributed by atoms with E-state index in [0.717, 1.165) is 12.0 Å². The predicted octanol–water partition coefficient (Wildman–Crippen LogP) is 1.83. The molecule has 0 aliphatic rings. The highest BCUT2D eigenvalue weighted by Gasteiger charge is 2.19. The van der Waals surface area contributed by atoms with Crippen molar-refractivity contribution in [3.05, 3.63) is 35.3 Å². The zero-order chi connectivity index (χ0) is 17.0. The predicted molar refractivity (Wildman–Crippen MR) is 89.5 cm³/mol. The summed E-state index contributed by atoms with van der Waals surface area (Å²) < 4.78 is 1.54. The highest BCUT2D eigenvalue weighted by atomic mass is 16.2. The average molecular weight is 320 g/mol. The molecule has 8 nitrogen and oxygen atoms in total. The third-order valence-corrected chi connectivity index (χ3v) is 3.62. The zero-order valence-corrected chi connectivity index (χ0v) is 13.6. The van der Waals surface area contributed by atoms with Crippen LogP contribution in [0.1, 0.15) is 55.4 Å². The second-order valence-electron chi connectivity index (χ2n) is 5.28. The molecule has 0 saturated heterocycles. The summed E-state index contributed by atoms with van der Waals surface area (Å²) in [5, 5.41) is 17.1. The van der Waals surface area contributed by atoms with Crippen molar-refractivity contribution >= 4 is 17.6 Å².